The highest BCUT2D eigenvalue weighted by atomic mass is 32.2. The Labute approximate surface area is 154 Å². The van der Waals surface area contributed by atoms with Crippen molar-refractivity contribution in [3.8, 4) is 0 Å². The first-order valence-electron chi connectivity index (χ1n) is 8.32. The van der Waals surface area contributed by atoms with E-state index in [1.807, 2.05) is 38.1 Å². The van der Waals surface area contributed by atoms with Crippen LogP contribution in [0.15, 0.2) is 48.5 Å². The standard InChI is InChI=1S/C19H23FN2O3S/c1-4-21(18-7-5-6-15(2)14-18)19(23)12-13-22(26(3,24)25)17-10-8-16(20)9-11-17/h5-11,14H,4,12-13H2,1-3H3. The summed E-state index contributed by atoms with van der Waals surface area (Å²) in [4.78, 5) is 14.3. The molecule has 0 spiro atoms. The summed E-state index contributed by atoms with van der Waals surface area (Å²) in [7, 11) is -3.59. The minimum atomic E-state index is -3.59. The van der Waals surface area contributed by atoms with E-state index < -0.39 is 15.8 Å². The van der Waals surface area contributed by atoms with E-state index in [-0.39, 0.29) is 18.9 Å². The van der Waals surface area contributed by atoms with E-state index in [1.165, 1.54) is 24.3 Å². The number of nitrogens with zero attached hydrogens (tertiary/aromatic N) is 2. The first-order chi connectivity index (χ1) is 12.2. The van der Waals surface area contributed by atoms with Crippen molar-refractivity contribution in [3.63, 3.8) is 0 Å². The summed E-state index contributed by atoms with van der Waals surface area (Å²) < 4.78 is 38.4. The van der Waals surface area contributed by atoms with Crippen LogP contribution in [-0.4, -0.2) is 33.7 Å². The number of hydrogen-bond donors (Lipinski definition) is 0. The molecule has 1 amide bonds. The highest BCUT2D eigenvalue weighted by molar-refractivity contribution is 7.92. The Balaban J connectivity index is 2.17. The summed E-state index contributed by atoms with van der Waals surface area (Å²) in [5, 5.41) is 0. The topological polar surface area (TPSA) is 57.7 Å². The molecule has 0 bridgehead atoms. The summed E-state index contributed by atoms with van der Waals surface area (Å²) in [6.07, 6.45) is 1.09. The molecule has 0 unspecified atom stereocenters. The van der Waals surface area contributed by atoms with Gasteiger partial charge < -0.3 is 4.90 Å². The van der Waals surface area contributed by atoms with Crippen LogP contribution < -0.4 is 9.21 Å². The first-order valence-corrected chi connectivity index (χ1v) is 10.2. The molecule has 0 saturated heterocycles. The predicted octanol–water partition coefficient (Wildman–Crippen LogP) is 3.34. The summed E-state index contributed by atoms with van der Waals surface area (Å²) in [6, 6.07) is 12.8. The minimum absolute atomic E-state index is 0.00832. The predicted molar refractivity (Wildman–Crippen MR) is 102 cm³/mol. The fraction of sp³-hybridized carbons (Fsp3) is 0.316. The molecule has 0 aliphatic carbocycles. The largest absolute Gasteiger partial charge is 0.313 e. The molecule has 5 nitrogen and oxygen atoms in total. The summed E-state index contributed by atoms with van der Waals surface area (Å²) in [5.41, 5.74) is 2.16. The third kappa shape index (κ3) is 5.05. The van der Waals surface area contributed by atoms with Crippen LogP contribution >= 0.6 is 0 Å². The van der Waals surface area contributed by atoms with Crippen molar-refractivity contribution in [2.45, 2.75) is 20.3 Å². The molecule has 0 aromatic heterocycles. The van der Waals surface area contributed by atoms with Crippen molar-refractivity contribution >= 4 is 27.3 Å². The van der Waals surface area contributed by atoms with E-state index in [0.29, 0.717) is 12.2 Å². The van der Waals surface area contributed by atoms with Gasteiger partial charge in [-0.15, -0.1) is 0 Å². The van der Waals surface area contributed by atoms with E-state index in [1.54, 1.807) is 4.90 Å². The maximum atomic E-state index is 13.1. The first kappa shape index (κ1) is 19.9. The molecular weight excluding hydrogens is 355 g/mol. The van der Waals surface area contributed by atoms with Gasteiger partial charge >= 0.3 is 0 Å². The number of aryl methyl sites for hydroxylation is 1. The molecule has 0 radical (unpaired) electrons. The monoisotopic (exact) mass is 378 g/mol. The Kier molecular flexibility index (Phi) is 6.37. The Morgan fingerprint density at radius 3 is 2.27 bits per heavy atom. The lowest BCUT2D eigenvalue weighted by atomic mass is 10.2. The fourth-order valence-corrected chi connectivity index (χ4v) is 3.65. The van der Waals surface area contributed by atoms with E-state index in [0.717, 1.165) is 21.8 Å². The van der Waals surface area contributed by atoms with Gasteiger partial charge in [0.05, 0.1) is 11.9 Å². The van der Waals surface area contributed by atoms with Gasteiger partial charge in [-0.05, 0) is 55.8 Å². The number of carbonyl (C=O) groups is 1. The Morgan fingerprint density at radius 1 is 1.08 bits per heavy atom. The third-order valence-electron chi connectivity index (χ3n) is 3.97. The van der Waals surface area contributed by atoms with E-state index in [9.17, 15) is 17.6 Å². The van der Waals surface area contributed by atoms with Gasteiger partial charge in [-0.25, -0.2) is 12.8 Å². The highest BCUT2D eigenvalue weighted by Crippen LogP contribution is 2.20. The van der Waals surface area contributed by atoms with Gasteiger partial charge in [0.25, 0.3) is 0 Å². The molecule has 0 aliphatic heterocycles. The maximum absolute atomic E-state index is 13.1. The van der Waals surface area contributed by atoms with Crippen LogP contribution in [0.5, 0.6) is 0 Å². The van der Waals surface area contributed by atoms with Crippen molar-refractivity contribution in [3.05, 3.63) is 59.9 Å². The Hall–Kier alpha value is -2.41. The molecule has 0 saturated carbocycles. The summed E-state index contributed by atoms with van der Waals surface area (Å²) in [5.74, 6) is -0.622. The molecule has 7 heteroatoms. The third-order valence-corrected chi connectivity index (χ3v) is 5.17. The zero-order valence-corrected chi connectivity index (χ0v) is 16.0. The van der Waals surface area contributed by atoms with Crippen LogP contribution in [0, 0.1) is 12.7 Å². The lowest BCUT2D eigenvalue weighted by Gasteiger charge is -2.25. The number of halogens is 1. The van der Waals surface area contributed by atoms with Crippen molar-refractivity contribution in [2.75, 3.05) is 28.6 Å². The number of sulfonamides is 1. The SMILES string of the molecule is CCN(C(=O)CCN(c1ccc(F)cc1)S(C)(=O)=O)c1cccc(C)c1. The second-order valence-electron chi connectivity index (χ2n) is 6.04. The van der Waals surface area contributed by atoms with Gasteiger partial charge in [0.1, 0.15) is 5.82 Å². The zero-order chi connectivity index (χ0) is 19.3. The van der Waals surface area contributed by atoms with Crippen LogP contribution in [0.4, 0.5) is 15.8 Å². The molecular formula is C19H23FN2O3S. The molecule has 0 heterocycles. The maximum Gasteiger partial charge on any atom is 0.232 e. The summed E-state index contributed by atoms with van der Waals surface area (Å²) >= 11 is 0. The molecule has 2 rings (SSSR count). The van der Waals surface area contributed by atoms with Gasteiger partial charge in [-0.3, -0.25) is 9.10 Å². The fourth-order valence-electron chi connectivity index (χ4n) is 2.72. The minimum Gasteiger partial charge on any atom is -0.313 e. The number of amides is 1. The van der Waals surface area contributed by atoms with Gasteiger partial charge in [0, 0.05) is 25.2 Å². The summed E-state index contributed by atoms with van der Waals surface area (Å²) in [6.45, 7) is 4.29. The highest BCUT2D eigenvalue weighted by Gasteiger charge is 2.21. The number of carbonyl (C=O) groups excluding carboxylic acids is 1. The zero-order valence-electron chi connectivity index (χ0n) is 15.1. The van der Waals surface area contributed by atoms with Gasteiger partial charge in [-0.2, -0.15) is 0 Å². The smallest absolute Gasteiger partial charge is 0.232 e. The molecule has 0 N–H and O–H groups in total. The van der Waals surface area contributed by atoms with Gasteiger partial charge in [0.15, 0.2) is 0 Å². The number of benzene rings is 2. The lowest BCUT2D eigenvalue weighted by molar-refractivity contribution is -0.118. The van der Waals surface area contributed by atoms with Crippen LogP contribution in [0.3, 0.4) is 0 Å². The quantitative estimate of drug-likeness (QED) is 0.742. The number of anilines is 2. The van der Waals surface area contributed by atoms with Crippen molar-refractivity contribution in [1.29, 1.82) is 0 Å². The average Bonchev–Trinajstić information content (AvgIpc) is 2.56. The molecule has 140 valence electrons. The Morgan fingerprint density at radius 2 is 1.73 bits per heavy atom. The average molecular weight is 378 g/mol. The van der Waals surface area contributed by atoms with Crippen molar-refractivity contribution < 1.29 is 17.6 Å². The molecule has 2 aromatic carbocycles. The van der Waals surface area contributed by atoms with E-state index in [2.05, 4.69) is 0 Å². The molecule has 26 heavy (non-hydrogen) atoms. The van der Waals surface area contributed by atoms with Crippen LogP contribution in [0.1, 0.15) is 18.9 Å². The normalized spacial score (nSPS) is 11.2. The van der Waals surface area contributed by atoms with Crippen LogP contribution in [0.25, 0.3) is 0 Å². The lowest BCUT2D eigenvalue weighted by Crippen LogP contribution is -2.37. The van der Waals surface area contributed by atoms with E-state index in [4.69, 9.17) is 0 Å². The molecule has 0 atom stereocenters. The molecule has 0 fully saturated rings. The van der Waals surface area contributed by atoms with E-state index >= 15 is 0 Å². The number of hydrogen-bond acceptors (Lipinski definition) is 3. The second-order valence-corrected chi connectivity index (χ2v) is 7.95. The Bertz CT molecular complexity index is 867. The second kappa shape index (κ2) is 8.31. The van der Waals surface area contributed by atoms with Gasteiger partial charge in [-0.1, -0.05) is 12.1 Å². The molecule has 2 aromatic rings. The van der Waals surface area contributed by atoms with Crippen molar-refractivity contribution in [2.24, 2.45) is 0 Å². The molecule has 0 aliphatic rings. The van der Waals surface area contributed by atoms with Gasteiger partial charge in [0.2, 0.25) is 15.9 Å². The van der Waals surface area contributed by atoms with Crippen molar-refractivity contribution in [1.82, 2.24) is 0 Å². The van der Waals surface area contributed by atoms with Crippen LogP contribution in [-0.2, 0) is 14.8 Å². The van der Waals surface area contributed by atoms with Crippen LogP contribution in [0.2, 0.25) is 0 Å². The number of rotatable bonds is 7.